The third kappa shape index (κ3) is 3.56. The zero-order valence-electron chi connectivity index (χ0n) is 9.40. The number of benzene rings is 1. The molecular weight excluding hydrogens is 209 g/mol. The van der Waals surface area contributed by atoms with Crippen molar-refractivity contribution in [1.82, 2.24) is 0 Å². The predicted octanol–water partition coefficient (Wildman–Crippen LogP) is 1.27. The van der Waals surface area contributed by atoms with E-state index in [2.05, 4.69) is 0 Å². The number of rotatable bonds is 6. The van der Waals surface area contributed by atoms with Gasteiger partial charge in [-0.3, -0.25) is 0 Å². The van der Waals surface area contributed by atoms with Gasteiger partial charge >= 0.3 is 0 Å². The Morgan fingerprint density at radius 2 is 2.00 bits per heavy atom. The summed E-state index contributed by atoms with van der Waals surface area (Å²) in [6.45, 7) is 0.815. The lowest BCUT2D eigenvalue weighted by atomic mass is 9.92. The molecule has 1 aromatic carbocycles. The number of aliphatic hydroxyl groups excluding tert-OH is 1. The Labute approximate surface area is 95.0 Å². The molecule has 3 N–H and O–H groups in total. The van der Waals surface area contributed by atoms with E-state index in [1.54, 1.807) is 19.2 Å². The highest BCUT2D eigenvalue weighted by atomic mass is 19.1. The van der Waals surface area contributed by atoms with Gasteiger partial charge in [0.1, 0.15) is 5.82 Å². The highest BCUT2D eigenvalue weighted by molar-refractivity contribution is 5.22. The predicted molar refractivity (Wildman–Crippen MR) is 60.7 cm³/mol. The molecule has 2 atom stereocenters. The average Bonchev–Trinajstić information content (AvgIpc) is 2.30. The molecule has 0 fully saturated rings. The number of aliphatic hydroxyl groups is 1. The van der Waals surface area contributed by atoms with Crippen molar-refractivity contribution in [3.8, 4) is 0 Å². The molecule has 0 spiro atoms. The minimum absolute atomic E-state index is 0.171. The van der Waals surface area contributed by atoms with Crippen molar-refractivity contribution in [3.63, 3.8) is 0 Å². The molecule has 0 aromatic heterocycles. The van der Waals surface area contributed by atoms with Gasteiger partial charge in [0, 0.05) is 26.2 Å². The third-order valence-electron chi connectivity index (χ3n) is 2.63. The van der Waals surface area contributed by atoms with Gasteiger partial charge in [0.15, 0.2) is 0 Å². The molecule has 0 aliphatic carbocycles. The summed E-state index contributed by atoms with van der Waals surface area (Å²) in [7, 11) is 1.59. The maximum atomic E-state index is 12.7. The number of halogens is 1. The minimum Gasteiger partial charge on any atom is -0.392 e. The van der Waals surface area contributed by atoms with Crippen molar-refractivity contribution in [2.24, 2.45) is 5.73 Å². The van der Waals surface area contributed by atoms with E-state index < -0.39 is 6.10 Å². The van der Waals surface area contributed by atoms with E-state index in [4.69, 9.17) is 10.5 Å². The summed E-state index contributed by atoms with van der Waals surface area (Å²) in [5, 5.41) is 9.91. The molecule has 4 heteroatoms. The molecule has 0 saturated heterocycles. The third-order valence-corrected chi connectivity index (χ3v) is 2.63. The first-order valence-electron chi connectivity index (χ1n) is 5.31. The Bertz CT molecular complexity index is 302. The van der Waals surface area contributed by atoms with Gasteiger partial charge in [0.2, 0.25) is 0 Å². The molecular formula is C12H18FNO2. The van der Waals surface area contributed by atoms with Crippen LogP contribution in [0.15, 0.2) is 24.3 Å². The molecule has 90 valence electrons. The van der Waals surface area contributed by atoms with E-state index in [0.717, 1.165) is 5.56 Å². The molecule has 0 bridgehead atoms. The molecule has 0 aliphatic rings. The molecule has 1 aromatic rings. The highest BCUT2D eigenvalue weighted by Gasteiger charge is 2.19. The summed E-state index contributed by atoms with van der Waals surface area (Å²) in [5.74, 6) is -0.457. The van der Waals surface area contributed by atoms with Crippen LogP contribution in [0, 0.1) is 5.82 Å². The molecule has 16 heavy (non-hydrogen) atoms. The van der Waals surface area contributed by atoms with Gasteiger partial charge in [-0.1, -0.05) is 12.1 Å². The van der Waals surface area contributed by atoms with Gasteiger partial charge in [-0.05, 0) is 24.1 Å². The quantitative estimate of drug-likeness (QED) is 0.769. The second-order valence-electron chi connectivity index (χ2n) is 3.74. The van der Waals surface area contributed by atoms with Gasteiger partial charge in [-0.25, -0.2) is 4.39 Å². The molecule has 0 radical (unpaired) electrons. The average molecular weight is 227 g/mol. The van der Waals surface area contributed by atoms with Crippen molar-refractivity contribution in [2.75, 3.05) is 20.3 Å². The summed E-state index contributed by atoms with van der Waals surface area (Å²) < 4.78 is 17.6. The van der Waals surface area contributed by atoms with Crippen molar-refractivity contribution in [3.05, 3.63) is 35.6 Å². The lowest BCUT2D eigenvalue weighted by Gasteiger charge is -2.21. The largest absolute Gasteiger partial charge is 0.392 e. The van der Waals surface area contributed by atoms with E-state index in [-0.39, 0.29) is 11.7 Å². The summed E-state index contributed by atoms with van der Waals surface area (Å²) in [6.07, 6.45) is -0.0362. The maximum Gasteiger partial charge on any atom is 0.123 e. The fourth-order valence-corrected chi connectivity index (χ4v) is 1.67. The Balaban J connectivity index is 2.69. The van der Waals surface area contributed by atoms with Gasteiger partial charge in [0.25, 0.3) is 0 Å². The molecule has 0 amide bonds. The van der Waals surface area contributed by atoms with Crippen LogP contribution in [0.5, 0.6) is 0 Å². The van der Waals surface area contributed by atoms with Crippen molar-refractivity contribution in [2.45, 2.75) is 18.4 Å². The number of hydrogen-bond donors (Lipinski definition) is 2. The van der Waals surface area contributed by atoms with Gasteiger partial charge in [-0.15, -0.1) is 0 Å². The Morgan fingerprint density at radius 3 is 2.50 bits per heavy atom. The number of ether oxygens (including phenoxy) is 1. The SMILES string of the molecule is COCCC(O)C(CN)c1ccc(F)cc1. The van der Waals surface area contributed by atoms with Crippen LogP contribution in [0.25, 0.3) is 0 Å². The van der Waals surface area contributed by atoms with Gasteiger partial charge < -0.3 is 15.6 Å². The number of hydrogen-bond acceptors (Lipinski definition) is 3. The lowest BCUT2D eigenvalue weighted by molar-refractivity contribution is 0.0920. The zero-order valence-corrected chi connectivity index (χ0v) is 9.40. The van der Waals surface area contributed by atoms with E-state index in [0.29, 0.717) is 19.6 Å². The number of nitrogens with two attached hydrogens (primary N) is 1. The molecule has 2 unspecified atom stereocenters. The van der Waals surface area contributed by atoms with Crippen LogP contribution < -0.4 is 5.73 Å². The first-order valence-corrected chi connectivity index (χ1v) is 5.31. The van der Waals surface area contributed by atoms with E-state index >= 15 is 0 Å². The summed E-state index contributed by atoms with van der Waals surface area (Å²) >= 11 is 0. The maximum absolute atomic E-state index is 12.7. The summed E-state index contributed by atoms with van der Waals surface area (Å²) in [6, 6.07) is 6.06. The lowest BCUT2D eigenvalue weighted by Crippen LogP contribution is -2.27. The Hall–Kier alpha value is -0.970. The van der Waals surface area contributed by atoms with Crippen LogP contribution in [0.1, 0.15) is 17.9 Å². The van der Waals surface area contributed by atoms with Gasteiger partial charge in [0.05, 0.1) is 6.10 Å². The van der Waals surface area contributed by atoms with Crippen LogP contribution in [0.4, 0.5) is 4.39 Å². The van der Waals surface area contributed by atoms with E-state index in [1.165, 1.54) is 12.1 Å². The summed E-state index contributed by atoms with van der Waals surface area (Å²) in [4.78, 5) is 0. The molecule has 0 aliphatic heterocycles. The van der Waals surface area contributed by atoms with E-state index in [9.17, 15) is 9.50 Å². The smallest absolute Gasteiger partial charge is 0.123 e. The molecule has 0 saturated carbocycles. The van der Waals surface area contributed by atoms with Crippen LogP contribution in [0.2, 0.25) is 0 Å². The fraction of sp³-hybridized carbons (Fsp3) is 0.500. The Morgan fingerprint density at radius 1 is 1.38 bits per heavy atom. The van der Waals surface area contributed by atoms with Crippen molar-refractivity contribution >= 4 is 0 Å². The summed E-state index contributed by atoms with van der Waals surface area (Å²) in [5.41, 5.74) is 6.48. The monoisotopic (exact) mass is 227 g/mol. The topological polar surface area (TPSA) is 55.5 Å². The van der Waals surface area contributed by atoms with Gasteiger partial charge in [-0.2, -0.15) is 0 Å². The molecule has 0 heterocycles. The number of methoxy groups -OCH3 is 1. The van der Waals surface area contributed by atoms with Crippen LogP contribution in [0.3, 0.4) is 0 Å². The molecule has 3 nitrogen and oxygen atoms in total. The second kappa shape index (κ2) is 6.58. The first kappa shape index (κ1) is 13.1. The van der Waals surface area contributed by atoms with Crippen molar-refractivity contribution in [1.29, 1.82) is 0 Å². The Kier molecular flexibility index (Phi) is 5.38. The van der Waals surface area contributed by atoms with Crippen LogP contribution in [-0.4, -0.2) is 31.5 Å². The molecule has 1 rings (SSSR count). The fourth-order valence-electron chi connectivity index (χ4n) is 1.67. The first-order chi connectivity index (χ1) is 7.69. The van der Waals surface area contributed by atoms with Crippen LogP contribution in [-0.2, 0) is 4.74 Å². The normalized spacial score (nSPS) is 14.8. The zero-order chi connectivity index (χ0) is 12.0. The second-order valence-corrected chi connectivity index (χ2v) is 3.74. The highest BCUT2D eigenvalue weighted by Crippen LogP contribution is 2.21. The standard InChI is InChI=1S/C12H18FNO2/c1-16-7-6-12(15)11(8-14)9-2-4-10(13)5-3-9/h2-5,11-12,15H,6-8,14H2,1H3. The van der Waals surface area contributed by atoms with E-state index in [1.807, 2.05) is 0 Å². The van der Waals surface area contributed by atoms with Crippen molar-refractivity contribution < 1.29 is 14.2 Å². The van der Waals surface area contributed by atoms with Crippen LogP contribution >= 0.6 is 0 Å². The minimum atomic E-state index is -0.560.